The zero-order valence-electron chi connectivity index (χ0n) is 15.6. The molecule has 0 radical (unpaired) electrons. The second-order valence-electron chi connectivity index (χ2n) is 6.15. The Morgan fingerprint density at radius 1 is 1.03 bits per heavy atom. The molecule has 1 amide bonds. The van der Waals surface area contributed by atoms with Crippen molar-refractivity contribution in [3.8, 4) is 17.2 Å². The van der Waals surface area contributed by atoms with E-state index in [1.165, 1.54) is 25.3 Å². The number of hydrogen-bond donors (Lipinski definition) is 1. The lowest BCUT2D eigenvalue weighted by Crippen LogP contribution is -2.12. The van der Waals surface area contributed by atoms with Crippen LogP contribution >= 0.6 is 11.6 Å². The molecule has 0 aliphatic rings. The SMILES string of the molecule is COc1ccc(C)cc1NC(=O)c1ccc(Oc2ccc(Cl)cc2[N+](=O)[O-])cc1. The third-order valence-corrected chi connectivity index (χ3v) is 4.30. The average molecular weight is 413 g/mol. The van der Waals surface area contributed by atoms with Crippen LogP contribution < -0.4 is 14.8 Å². The van der Waals surface area contributed by atoms with Gasteiger partial charge in [0.2, 0.25) is 5.75 Å². The first-order chi connectivity index (χ1) is 13.9. The summed E-state index contributed by atoms with van der Waals surface area (Å²) in [6.45, 7) is 1.91. The van der Waals surface area contributed by atoms with Gasteiger partial charge in [0.15, 0.2) is 0 Å². The molecule has 1 N–H and O–H groups in total. The van der Waals surface area contributed by atoms with Crippen molar-refractivity contribution in [3.05, 3.63) is 86.9 Å². The number of carbonyl (C=O) groups is 1. The van der Waals surface area contributed by atoms with Crippen LogP contribution in [-0.2, 0) is 0 Å². The number of nitrogens with one attached hydrogen (secondary N) is 1. The maximum atomic E-state index is 12.5. The van der Waals surface area contributed by atoms with Crippen LogP contribution in [-0.4, -0.2) is 17.9 Å². The van der Waals surface area contributed by atoms with E-state index < -0.39 is 4.92 Å². The van der Waals surface area contributed by atoms with Crippen molar-refractivity contribution in [3.63, 3.8) is 0 Å². The Balaban J connectivity index is 1.76. The first kappa shape index (κ1) is 20.2. The summed E-state index contributed by atoms with van der Waals surface area (Å²) in [6, 6.07) is 15.9. The number of hydrogen-bond acceptors (Lipinski definition) is 5. The number of methoxy groups -OCH3 is 1. The van der Waals surface area contributed by atoms with E-state index in [4.69, 9.17) is 21.1 Å². The minimum absolute atomic E-state index is 0.0566. The number of nitrogens with zero attached hydrogens (tertiary/aromatic N) is 1. The summed E-state index contributed by atoms with van der Waals surface area (Å²) >= 11 is 5.80. The molecule has 0 heterocycles. The molecule has 148 valence electrons. The molecule has 0 atom stereocenters. The van der Waals surface area contributed by atoms with Crippen molar-refractivity contribution in [2.75, 3.05) is 12.4 Å². The van der Waals surface area contributed by atoms with Gasteiger partial charge in [-0.1, -0.05) is 17.7 Å². The lowest BCUT2D eigenvalue weighted by molar-refractivity contribution is -0.385. The maximum absolute atomic E-state index is 12.5. The molecule has 29 heavy (non-hydrogen) atoms. The molecule has 3 aromatic carbocycles. The second-order valence-corrected chi connectivity index (χ2v) is 6.59. The number of halogens is 1. The Hall–Kier alpha value is -3.58. The standard InChI is InChI=1S/C21H17ClN2O5/c1-13-3-9-19(28-2)17(11-13)23-21(25)14-4-7-16(8-5-14)29-20-10-6-15(22)12-18(20)24(26)27/h3-12H,1-2H3,(H,23,25). The summed E-state index contributed by atoms with van der Waals surface area (Å²) in [7, 11) is 1.53. The third-order valence-electron chi connectivity index (χ3n) is 4.07. The topological polar surface area (TPSA) is 90.7 Å². The lowest BCUT2D eigenvalue weighted by Gasteiger charge is -2.11. The first-order valence-corrected chi connectivity index (χ1v) is 8.93. The number of amides is 1. The van der Waals surface area contributed by atoms with Crippen molar-refractivity contribution in [2.24, 2.45) is 0 Å². The number of carbonyl (C=O) groups excluding carboxylic acids is 1. The average Bonchev–Trinajstić information content (AvgIpc) is 2.70. The van der Waals surface area contributed by atoms with Crippen molar-refractivity contribution in [1.82, 2.24) is 0 Å². The number of anilines is 1. The van der Waals surface area contributed by atoms with Gasteiger partial charge in [-0.15, -0.1) is 0 Å². The summed E-state index contributed by atoms with van der Waals surface area (Å²) < 4.78 is 10.8. The number of rotatable bonds is 6. The van der Waals surface area contributed by atoms with Gasteiger partial charge in [0, 0.05) is 16.7 Å². The minimum atomic E-state index is -0.571. The van der Waals surface area contributed by atoms with Gasteiger partial charge in [0.1, 0.15) is 11.5 Å². The Bertz CT molecular complexity index is 1070. The van der Waals surface area contributed by atoms with Crippen LogP contribution in [0.15, 0.2) is 60.7 Å². The molecule has 0 aromatic heterocycles. The lowest BCUT2D eigenvalue weighted by atomic mass is 10.1. The molecular formula is C21H17ClN2O5. The number of benzene rings is 3. The van der Waals surface area contributed by atoms with Crippen LogP contribution in [0.3, 0.4) is 0 Å². The van der Waals surface area contributed by atoms with Crippen LogP contribution in [0.4, 0.5) is 11.4 Å². The normalized spacial score (nSPS) is 10.3. The number of ether oxygens (including phenoxy) is 2. The quantitative estimate of drug-likeness (QED) is 0.419. The highest BCUT2D eigenvalue weighted by Gasteiger charge is 2.17. The highest BCUT2D eigenvalue weighted by atomic mass is 35.5. The van der Waals surface area contributed by atoms with Gasteiger partial charge in [-0.2, -0.15) is 0 Å². The molecule has 0 aliphatic carbocycles. The molecular weight excluding hydrogens is 396 g/mol. The number of nitro groups is 1. The maximum Gasteiger partial charge on any atom is 0.313 e. The summed E-state index contributed by atoms with van der Waals surface area (Å²) in [5.74, 6) is 0.637. The van der Waals surface area contributed by atoms with Crippen LogP contribution in [0.1, 0.15) is 15.9 Å². The van der Waals surface area contributed by atoms with E-state index in [0.717, 1.165) is 5.56 Å². The van der Waals surface area contributed by atoms with E-state index >= 15 is 0 Å². The second kappa shape index (κ2) is 8.62. The molecule has 0 bridgehead atoms. The third kappa shape index (κ3) is 4.83. The van der Waals surface area contributed by atoms with E-state index in [1.807, 2.05) is 19.1 Å². The van der Waals surface area contributed by atoms with Gasteiger partial charge >= 0.3 is 5.69 Å². The Labute approximate surface area is 172 Å². The molecule has 0 saturated carbocycles. The summed E-state index contributed by atoms with van der Waals surface area (Å²) in [6.07, 6.45) is 0. The Kier molecular flexibility index (Phi) is 5.99. The van der Waals surface area contributed by atoms with Gasteiger partial charge < -0.3 is 14.8 Å². The highest BCUT2D eigenvalue weighted by Crippen LogP contribution is 2.33. The molecule has 0 fully saturated rings. The van der Waals surface area contributed by atoms with Crippen LogP contribution in [0.25, 0.3) is 0 Å². The molecule has 3 rings (SSSR count). The molecule has 7 nitrogen and oxygen atoms in total. The summed E-state index contributed by atoms with van der Waals surface area (Å²) in [4.78, 5) is 23.1. The van der Waals surface area contributed by atoms with Gasteiger partial charge in [-0.05, 0) is 61.0 Å². The monoisotopic (exact) mass is 412 g/mol. The molecule has 0 spiro atoms. The van der Waals surface area contributed by atoms with Gasteiger partial charge in [0.05, 0.1) is 17.7 Å². The molecule has 0 saturated heterocycles. The van der Waals surface area contributed by atoms with E-state index in [9.17, 15) is 14.9 Å². The highest BCUT2D eigenvalue weighted by molar-refractivity contribution is 6.30. The predicted octanol–water partition coefficient (Wildman–Crippen LogP) is 5.61. The van der Waals surface area contributed by atoms with E-state index in [1.54, 1.807) is 30.3 Å². The predicted molar refractivity (Wildman–Crippen MR) is 110 cm³/mol. The fourth-order valence-electron chi connectivity index (χ4n) is 2.63. The summed E-state index contributed by atoms with van der Waals surface area (Å²) in [5.41, 5.74) is 1.70. The van der Waals surface area contributed by atoms with Gasteiger partial charge in [0.25, 0.3) is 5.91 Å². The van der Waals surface area contributed by atoms with Crippen molar-refractivity contribution in [1.29, 1.82) is 0 Å². The zero-order chi connectivity index (χ0) is 21.0. The Morgan fingerprint density at radius 2 is 1.72 bits per heavy atom. The fourth-order valence-corrected chi connectivity index (χ4v) is 2.80. The molecule has 0 unspecified atom stereocenters. The zero-order valence-corrected chi connectivity index (χ0v) is 16.4. The number of nitro benzene ring substituents is 1. The number of aryl methyl sites for hydroxylation is 1. The minimum Gasteiger partial charge on any atom is -0.495 e. The van der Waals surface area contributed by atoms with Crippen LogP contribution in [0, 0.1) is 17.0 Å². The molecule has 0 aliphatic heterocycles. The smallest absolute Gasteiger partial charge is 0.313 e. The molecule has 3 aromatic rings. The van der Waals surface area contributed by atoms with Crippen LogP contribution in [0.5, 0.6) is 17.2 Å². The molecule has 8 heteroatoms. The van der Waals surface area contributed by atoms with Crippen molar-refractivity contribution < 1.29 is 19.2 Å². The Morgan fingerprint density at radius 3 is 2.38 bits per heavy atom. The van der Waals surface area contributed by atoms with Crippen LogP contribution in [0.2, 0.25) is 5.02 Å². The van der Waals surface area contributed by atoms with E-state index in [-0.39, 0.29) is 22.4 Å². The first-order valence-electron chi connectivity index (χ1n) is 8.55. The summed E-state index contributed by atoms with van der Waals surface area (Å²) in [5, 5.41) is 14.2. The van der Waals surface area contributed by atoms with E-state index in [2.05, 4.69) is 5.32 Å². The van der Waals surface area contributed by atoms with Gasteiger partial charge in [-0.3, -0.25) is 14.9 Å². The van der Waals surface area contributed by atoms with Crippen molar-refractivity contribution >= 4 is 28.9 Å². The largest absolute Gasteiger partial charge is 0.495 e. The van der Waals surface area contributed by atoms with E-state index in [0.29, 0.717) is 22.7 Å². The fraction of sp³-hybridized carbons (Fsp3) is 0.0952. The van der Waals surface area contributed by atoms with Crippen molar-refractivity contribution in [2.45, 2.75) is 6.92 Å². The van der Waals surface area contributed by atoms with Gasteiger partial charge in [-0.25, -0.2) is 0 Å².